The van der Waals surface area contributed by atoms with Crippen molar-refractivity contribution in [2.45, 2.75) is 38.6 Å². The zero-order chi connectivity index (χ0) is 16.8. The molecule has 0 saturated carbocycles. The third-order valence-electron chi connectivity index (χ3n) is 4.77. The molecule has 0 aromatic carbocycles. The second kappa shape index (κ2) is 8.41. The van der Waals surface area contributed by atoms with Crippen LogP contribution in [0.5, 0.6) is 0 Å². The van der Waals surface area contributed by atoms with E-state index in [4.69, 9.17) is 0 Å². The van der Waals surface area contributed by atoms with Crippen molar-refractivity contribution in [3.63, 3.8) is 0 Å². The summed E-state index contributed by atoms with van der Waals surface area (Å²) in [5, 5.41) is 18.8. The van der Waals surface area contributed by atoms with Crippen LogP contribution in [-0.4, -0.2) is 79.3 Å². The molecule has 1 N–H and O–H groups in total. The smallest absolute Gasteiger partial charge is 0.0862 e. The molecule has 1 fully saturated rings. The highest BCUT2D eigenvalue weighted by atomic mass is 16.3. The van der Waals surface area contributed by atoms with Crippen molar-refractivity contribution in [3.8, 4) is 0 Å². The molecule has 2 aromatic heterocycles. The first-order chi connectivity index (χ1) is 11.7. The molecule has 1 aliphatic rings. The van der Waals surface area contributed by atoms with E-state index < -0.39 is 0 Å². The molecular formula is C17H28N6O. The highest BCUT2D eigenvalue weighted by molar-refractivity contribution is 4.84. The molecule has 0 spiro atoms. The van der Waals surface area contributed by atoms with Crippen molar-refractivity contribution in [2.75, 3.05) is 32.7 Å². The molecule has 1 aliphatic heterocycles. The summed E-state index contributed by atoms with van der Waals surface area (Å²) in [5.74, 6) is 0. The Morgan fingerprint density at radius 1 is 1.04 bits per heavy atom. The summed E-state index contributed by atoms with van der Waals surface area (Å²) in [7, 11) is 0. The highest BCUT2D eigenvalue weighted by Gasteiger charge is 2.27. The SMILES string of the molecule is CC[C@@H]1CN(CCn2cccn2)CCN1C[C@H](O)Cn1cccn1. The van der Waals surface area contributed by atoms with Gasteiger partial charge in [-0.25, -0.2) is 0 Å². The summed E-state index contributed by atoms with van der Waals surface area (Å²) < 4.78 is 3.78. The van der Waals surface area contributed by atoms with Gasteiger partial charge in [0.05, 0.1) is 19.2 Å². The average molecular weight is 332 g/mol. The number of aliphatic hydroxyl groups excluding tert-OH is 1. The van der Waals surface area contributed by atoms with Crippen LogP contribution in [0.2, 0.25) is 0 Å². The first-order valence-electron chi connectivity index (χ1n) is 8.84. The number of rotatable bonds is 8. The Morgan fingerprint density at radius 3 is 2.46 bits per heavy atom. The first-order valence-corrected chi connectivity index (χ1v) is 8.84. The molecule has 2 aromatic rings. The minimum atomic E-state index is -0.380. The van der Waals surface area contributed by atoms with Gasteiger partial charge in [-0.2, -0.15) is 10.2 Å². The maximum absolute atomic E-state index is 10.4. The molecule has 0 bridgehead atoms. The van der Waals surface area contributed by atoms with E-state index in [1.54, 1.807) is 10.9 Å². The summed E-state index contributed by atoms with van der Waals surface area (Å²) in [5.41, 5.74) is 0. The summed E-state index contributed by atoms with van der Waals surface area (Å²) in [6.07, 6.45) is 8.21. The minimum absolute atomic E-state index is 0.380. The van der Waals surface area contributed by atoms with E-state index in [0.717, 1.165) is 39.1 Å². The lowest BCUT2D eigenvalue weighted by Crippen LogP contribution is -2.55. The monoisotopic (exact) mass is 332 g/mol. The average Bonchev–Trinajstić information content (AvgIpc) is 3.27. The van der Waals surface area contributed by atoms with Crippen LogP contribution in [-0.2, 0) is 13.1 Å². The molecule has 2 atom stereocenters. The van der Waals surface area contributed by atoms with Gasteiger partial charge in [-0.15, -0.1) is 0 Å². The molecule has 24 heavy (non-hydrogen) atoms. The van der Waals surface area contributed by atoms with Gasteiger partial charge in [0.1, 0.15) is 0 Å². The topological polar surface area (TPSA) is 62.4 Å². The van der Waals surface area contributed by atoms with Gasteiger partial charge in [0.2, 0.25) is 0 Å². The van der Waals surface area contributed by atoms with Crippen molar-refractivity contribution < 1.29 is 5.11 Å². The minimum Gasteiger partial charge on any atom is -0.390 e. The molecule has 3 rings (SSSR count). The summed E-state index contributed by atoms with van der Waals surface area (Å²) >= 11 is 0. The number of aromatic nitrogens is 4. The largest absolute Gasteiger partial charge is 0.390 e. The van der Waals surface area contributed by atoms with Gasteiger partial charge in [-0.1, -0.05) is 6.92 Å². The van der Waals surface area contributed by atoms with Crippen molar-refractivity contribution in [3.05, 3.63) is 36.9 Å². The Morgan fingerprint density at radius 2 is 1.79 bits per heavy atom. The third kappa shape index (κ3) is 4.66. The van der Waals surface area contributed by atoms with Gasteiger partial charge in [0, 0.05) is 63.6 Å². The van der Waals surface area contributed by atoms with E-state index in [1.807, 2.05) is 35.4 Å². The maximum Gasteiger partial charge on any atom is 0.0862 e. The van der Waals surface area contributed by atoms with E-state index in [9.17, 15) is 5.11 Å². The van der Waals surface area contributed by atoms with Gasteiger partial charge in [-0.3, -0.25) is 19.2 Å². The Balaban J connectivity index is 1.45. The van der Waals surface area contributed by atoms with Crippen LogP contribution in [0, 0.1) is 0 Å². The van der Waals surface area contributed by atoms with Gasteiger partial charge >= 0.3 is 0 Å². The van der Waals surface area contributed by atoms with Gasteiger partial charge in [-0.05, 0) is 18.6 Å². The van der Waals surface area contributed by atoms with E-state index in [1.165, 1.54) is 0 Å². The summed E-state index contributed by atoms with van der Waals surface area (Å²) in [4.78, 5) is 4.94. The molecule has 3 heterocycles. The van der Waals surface area contributed by atoms with E-state index in [0.29, 0.717) is 19.1 Å². The standard InChI is InChI=1S/C17H28N6O/c1-2-16-13-20(10-12-22-7-3-5-18-22)9-11-21(16)14-17(24)15-23-8-4-6-19-23/h3-8,16-17,24H,2,9-15H2,1H3/t16-,17+/m1/s1. The number of hydrogen-bond donors (Lipinski definition) is 1. The second-order valence-electron chi connectivity index (χ2n) is 6.51. The predicted octanol–water partition coefficient (Wildman–Crippen LogP) is 0.537. The molecule has 0 unspecified atom stereocenters. The van der Waals surface area contributed by atoms with Crippen LogP contribution >= 0.6 is 0 Å². The van der Waals surface area contributed by atoms with Crippen molar-refractivity contribution in [1.82, 2.24) is 29.4 Å². The van der Waals surface area contributed by atoms with Crippen LogP contribution in [0.25, 0.3) is 0 Å². The van der Waals surface area contributed by atoms with Crippen LogP contribution in [0.4, 0.5) is 0 Å². The molecule has 0 radical (unpaired) electrons. The van der Waals surface area contributed by atoms with Crippen molar-refractivity contribution in [2.24, 2.45) is 0 Å². The van der Waals surface area contributed by atoms with E-state index in [-0.39, 0.29) is 6.10 Å². The fraction of sp³-hybridized carbons (Fsp3) is 0.647. The van der Waals surface area contributed by atoms with E-state index >= 15 is 0 Å². The Hall–Kier alpha value is -1.70. The first kappa shape index (κ1) is 17.1. The Bertz CT molecular complexity index is 570. The summed E-state index contributed by atoms with van der Waals surface area (Å²) in [6.45, 7) is 8.59. The van der Waals surface area contributed by atoms with Crippen LogP contribution < -0.4 is 0 Å². The lowest BCUT2D eigenvalue weighted by Gasteiger charge is -2.42. The molecule has 0 aliphatic carbocycles. The number of nitrogens with zero attached hydrogens (tertiary/aromatic N) is 6. The third-order valence-corrected chi connectivity index (χ3v) is 4.77. The zero-order valence-corrected chi connectivity index (χ0v) is 14.4. The fourth-order valence-corrected chi connectivity index (χ4v) is 3.42. The van der Waals surface area contributed by atoms with E-state index in [2.05, 4.69) is 26.9 Å². The Labute approximate surface area is 143 Å². The zero-order valence-electron chi connectivity index (χ0n) is 14.4. The summed E-state index contributed by atoms with van der Waals surface area (Å²) in [6, 6.07) is 4.36. The molecule has 132 valence electrons. The molecule has 7 heteroatoms. The maximum atomic E-state index is 10.4. The van der Waals surface area contributed by atoms with Crippen molar-refractivity contribution in [1.29, 1.82) is 0 Å². The van der Waals surface area contributed by atoms with Crippen molar-refractivity contribution >= 4 is 0 Å². The molecule has 0 amide bonds. The molecule has 7 nitrogen and oxygen atoms in total. The quantitative estimate of drug-likeness (QED) is 0.764. The lowest BCUT2D eigenvalue weighted by atomic mass is 10.1. The Kier molecular flexibility index (Phi) is 6.01. The fourth-order valence-electron chi connectivity index (χ4n) is 3.42. The van der Waals surface area contributed by atoms with Gasteiger partial charge < -0.3 is 5.11 Å². The van der Waals surface area contributed by atoms with Crippen LogP contribution in [0.1, 0.15) is 13.3 Å². The molecular weight excluding hydrogens is 304 g/mol. The number of piperazine rings is 1. The van der Waals surface area contributed by atoms with Gasteiger partial charge in [0.25, 0.3) is 0 Å². The van der Waals surface area contributed by atoms with Gasteiger partial charge in [0.15, 0.2) is 0 Å². The number of aliphatic hydroxyl groups is 1. The normalized spacial score (nSPS) is 21.2. The number of hydrogen-bond acceptors (Lipinski definition) is 5. The van der Waals surface area contributed by atoms with Crippen LogP contribution in [0.3, 0.4) is 0 Å². The van der Waals surface area contributed by atoms with Crippen LogP contribution in [0.15, 0.2) is 36.9 Å². The second-order valence-corrected chi connectivity index (χ2v) is 6.51. The predicted molar refractivity (Wildman–Crippen MR) is 92.6 cm³/mol. The molecule has 1 saturated heterocycles. The highest BCUT2D eigenvalue weighted by Crippen LogP contribution is 2.14. The lowest BCUT2D eigenvalue weighted by molar-refractivity contribution is 0.0238. The number of β-amino-alcohol motifs (C(OH)–C–C–N with tert-alkyl or cyclic N) is 1.